The first kappa shape index (κ1) is 17.9. The molecule has 0 saturated heterocycles. The Kier molecular flexibility index (Phi) is 6.58. The van der Waals surface area contributed by atoms with Crippen LogP contribution in [0.25, 0.3) is 0 Å². The number of likely N-dealkylation sites (N-methyl/N-ethyl adjacent to an activating group) is 1. The molecule has 0 radical (unpaired) electrons. The number of hydrogen-bond donors (Lipinski definition) is 2. The van der Waals surface area contributed by atoms with E-state index in [1.807, 2.05) is 13.8 Å². The van der Waals surface area contributed by atoms with Crippen molar-refractivity contribution >= 4 is 29.0 Å². The molecule has 5 nitrogen and oxygen atoms in total. The van der Waals surface area contributed by atoms with Crippen LogP contribution in [-0.4, -0.2) is 41.8 Å². The van der Waals surface area contributed by atoms with Gasteiger partial charge in [-0.1, -0.05) is 45.3 Å². The molecule has 1 rings (SSSR count). The zero-order valence-corrected chi connectivity index (χ0v) is 14.1. The second-order valence-corrected chi connectivity index (χ2v) is 6.81. The highest BCUT2D eigenvalue weighted by molar-refractivity contribution is 7.80. The number of rotatable bonds is 6. The van der Waals surface area contributed by atoms with Gasteiger partial charge in [0, 0.05) is 13.6 Å². The van der Waals surface area contributed by atoms with Gasteiger partial charge in [0.25, 0.3) is 0 Å². The summed E-state index contributed by atoms with van der Waals surface area (Å²) in [6, 6.07) is 0. The number of hydrogen-bond acceptors (Lipinski definition) is 3. The smallest absolute Gasteiger partial charge is 0.239 e. The zero-order valence-electron chi connectivity index (χ0n) is 13.3. The molecular formula is C15H27N3O2S. The Labute approximate surface area is 132 Å². The van der Waals surface area contributed by atoms with Gasteiger partial charge in [-0.15, -0.1) is 0 Å². The van der Waals surface area contributed by atoms with Crippen molar-refractivity contribution < 1.29 is 9.59 Å². The molecule has 0 aliphatic heterocycles. The molecule has 3 N–H and O–H groups in total. The summed E-state index contributed by atoms with van der Waals surface area (Å²) in [6.45, 7) is 4.72. The van der Waals surface area contributed by atoms with E-state index in [1.54, 1.807) is 7.05 Å². The van der Waals surface area contributed by atoms with Crippen molar-refractivity contribution in [2.45, 2.75) is 46.0 Å². The minimum Gasteiger partial charge on any atom is -0.392 e. The third-order valence-corrected chi connectivity index (χ3v) is 4.41. The molecule has 0 aromatic carbocycles. The summed E-state index contributed by atoms with van der Waals surface area (Å²) in [6.07, 6.45) is 4.40. The van der Waals surface area contributed by atoms with E-state index in [0.29, 0.717) is 25.3 Å². The summed E-state index contributed by atoms with van der Waals surface area (Å²) in [5.41, 5.74) is 5.10. The Morgan fingerprint density at radius 2 is 1.86 bits per heavy atom. The lowest BCUT2D eigenvalue weighted by Crippen LogP contribution is -2.52. The maximum atomic E-state index is 12.7. The second kappa shape index (κ2) is 7.73. The molecule has 1 fully saturated rings. The number of carbonyl (C=O) groups is 2. The van der Waals surface area contributed by atoms with Gasteiger partial charge in [-0.25, -0.2) is 0 Å². The van der Waals surface area contributed by atoms with Gasteiger partial charge in [0.05, 0.1) is 16.9 Å². The van der Waals surface area contributed by atoms with Gasteiger partial charge in [-0.05, 0) is 18.8 Å². The number of nitrogens with two attached hydrogens (primary N) is 1. The molecule has 2 amide bonds. The van der Waals surface area contributed by atoms with Crippen LogP contribution in [-0.2, 0) is 9.59 Å². The van der Waals surface area contributed by atoms with Crippen LogP contribution in [0.1, 0.15) is 46.0 Å². The molecule has 0 unspecified atom stereocenters. The Morgan fingerprint density at radius 1 is 1.29 bits per heavy atom. The molecule has 120 valence electrons. The predicted molar refractivity (Wildman–Crippen MR) is 87.8 cm³/mol. The predicted octanol–water partition coefficient (Wildman–Crippen LogP) is 1.45. The lowest BCUT2D eigenvalue weighted by Gasteiger charge is -2.37. The molecule has 0 aromatic heterocycles. The van der Waals surface area contributed by atoms with Gasteiger partial charge in [0.15, 0.2) is 0 Å². The Balaban J connectivity index is 2.66. The van der Waals surface area contributed by atoms with Crippen molar-refractivity contribution in [3.8, 4) is 0 Å². The van der Waals surface area contributed by atoms with Crippen LogP contribution in [0.4, 0.5) is 0 Å². The van der Waals surface area contributed by atoms with Gasteiger partial charge >= 0.3 is 0 Å². The van der Waals surface area contributed by atoms with E-state index >= 15 is 0 Å². The number of nitrogens with one attached hydrogen (secondary N) is 1. The van der Waals surface area contributed by atoms with Gasteiger partial charge < -0.3 is 16.0 Å². The summed E-state index contributed by atoms with van der Waals surface area (Å²) < 4.78 is 0. The highest BCUT2D eigenvalue weighted by Crippen LogP contribution is 2.38. The molecular weight excluding hydrogens is 286 g/mol. The normalized spacial score (nSPS) is 17.3. The minimum absolute atomic E-state index is 0.0515. The zero-order chi connectivity index (χ0) is 16.0. The van der Waals surface area contributed by atoms with E-state index in [2.05, 4.69) is 5.32 Å². The van der Waals surface area contributed by atoms with E-state index in [-0.39, 0.29) is 23.3 Å². The summed E-state index contributed by atoms with van der Waals surface area (Å²) in [4.78, 5) is 26.3. The third kappa shape index (κ3) is 4.66. The molecule has 1 aliphatic rings. The third-order valence-electron chi connectivity index (χ3n) is 4.02. The number of nitrogens with zero attached hydrogens (tertiary/aromatic N) is 1. The van der Waals surface area contributed by atoms with Crippen molar-refractivity contribution in [2.75, 3.05) is 20.1 Å². The first-order valence-electron chi connectivity index (χ1n) is 7.62. The van der Waals surface area contributed by atoms with Gasteiger partial charge in [0.1, 0.15) is 0 Å². The maximum Gasteiger partial charge on any atom is 0.239 e. The Morgan fingerprint density at radius 3 is 2.33 bits per heavy atom. The number of carbonyl (C=O) groups excluding carboxylic acids is 2. The van der Waals surface area contributed by atoms with Crippen molar-refractivity contribution in [1.82, 2.24) is 10.2 Å². The molecule has 0 atom stereocenters. The van der Waals surface area contributed by atoms with Crippen LogP contribution in [0.15, 0.2) is 0 Å². The van der Waals surface area contributed by atoms with E-state index in [0.717, 1.165) is 19.3 Å². The molecule has 0 spiro atoms. The SMILES string of the molecule is CC(C)CNC(=O)CN(C)C(=O)C1(C(N)=S)CCCCC1. The van der Waals surface area contributed by atoms with E-state index in [9.17, 15) is 9.59 Å². The fourth-order valence-corrected chi connectivity index (χ4v) is 3.04. The summed E-state index contributed by atoms with van der Waals surface area (Å²) in [5.74, 6) is 0.124. The summed E-state index contributed by atoms with van der Waals surface area (Å²) >= 11 is 5.15. The van der Waals surface area contributed by atoms with Crippen LogP contribution < -0.4 is 11.1 Å². The van der Waals surface area contributed by atoms with Crippen molar-refractivity contribution in [1.29, 1.82) is 0 Å². The highest BCUT2D eigenvalue weighted by Gasteiger charge is 2.44. The van der Waals surface area contributed by atoms with Crippen LogP contribution >= 0.6 is 12.2 Å². The van der Waals surface area contributed by atoms with Crippen LogP contribution in [0, 0.1) is 11.3 Å². The van der Waals surface area contributed by atoms with Crippen LogP contribution in [0.5, 0.6) is 0 Å². The van der Waals surface area contributed by atoms with E-state index < -0.39 is 5.41 Å². The standard InChI is InChI=1S/C15H27N3O2S/c1-11(2)9-17-12(19)10-18(3)14(20)15(13(16)21)7-5-4-6-8-15/h11H,4-10H2,1-3H3,(H2,16,21)(H,17,19). The quantitative estimate of drug-likeness (QED) is 0.728. The topological polar surface area (TPSA) is 75.4 Å². The average Bonchev–Trinajstić information content (AvgIpc) is 2.44. The lowest BCUT2D eigenvalue weighted by molar-refractivity contribution is -0.141. The maximum absolute atomic E-state index is 12.7. The number of thiocarbonyl (C=S) groups is 1. The lowest BCUT2D eigenvalue weighted by atomic mass is 9.73. The molecule has 0 bridgehead atoms. The molecule has 0 heterocycles. The minimum atomic E-state index is -0.749. The monoisotopic (exact) mass is 313 g/mol. The largest absolute Gasteiger partial charge is 0.392 e. The van der Waals surface area contributed by atoms with Crippen LogP contribution in [0.3, 0.4) is 0 Å². The van der Waals surface area contributed by atoms with Crippen molar-refractivity contribution in [3.05, 3.63) is 0 Å². The fraction of sp³-hybridized carbons (Fsp3) is 0.800. The Bertz CT molecular complexity index is 404. The summed E-state index contributed by atoms with van der Waals surface area (Å²) in [5, 5.41) is 2.82. The molecule has 0 aromatic rings. The number of amides is 2. The first-order chi connectivity index (χ1) is 9.79. The highest BCUT2D eigenvalue weighted by atomic mass is 32.1. The van der Waals surface area contributed by atoms with Gasteiger partial charge in [-0.3, -0.25) is 9.59 Å². The average molecular weight is 313 g/mol. The van der Waals surface area contributed by atoms with Crippen molar-refractivity contribution in [3.63, 3.8) is 0 Å². The van der Waals surface area contributed by atoms with E-state index in [1.165, 1.54) is 4.90 Å². The summed E-state index contributed by atoms with van der Waals surface area (Å²) in [7, 11) is 1.64. The van der Waals surface area contributed by atoms with Crippen molar-refractivity contribution in [2.24, 2.45) is 17.1 Å². The Hall–Kier alpha value is -1.17. The molecule has 6 heteroatoms. The van der Waals surface area contributed by atoms with Gasteiger partial charge in [-0.2, -0.15) is 0 Å². The first-order valence-corrected chi connectivity index (χ1v) is 8.02. The fourth-order valence-electron chi connectivity index (χ4n) is 2.75. The second-order valence-electron chi connectivity index (χ2n) is 6.37. The molecule has 1 saturated carbocycles. The van der Waals surface area contributed by atoms with Gasteiger partial charge in [0.2, 0.25) is 11.8 Å². The molecule has 21 heavy (non-hydrogen) atoms. The molecule has 1 aliphatic carbocycles. The van der Waals surface area contributed by atoms with Crippen LogP contribution in [0.2, 0.25) is 0 Å². The van der Waals surface area contributed by atoms with E-state index in [4.69, 9.17) is 18.0 Å².